The zero-order chi connectivity index (χ0) is 19.4. The first kappa shape index (κ1) is 19.1. The molecule has 3 aromatic rings. The fourth-order valence-electron chi connectivity index (χ4n) is 3.53. The zero-order valence-corrected chi connectivity index (χ0v) is 16.5. The molecule has 0 fully saturated rings. The van der Waals surface area contributed by atoms with Crippen LogP contribution in [0.1, 0.15) is 35.7 Å². The number of rotatable bonds is 7. The third-order valence-electron chi connectivity index (χ3n) is 4.73. The molecule has 0 saturated carbocycles. The quantitative estimate of drug-likeness (QED) is 0.579. The van der Waals surface area contributed by atoms with Crippen LogP contribution in [-0.4, -0.2) is 15.9 Å². The maximum Gasteiger partial charge on any atom is 0.163 e. The summed E-state index contributed by atoms with van der Waals surface area (Å²) in [5.74, 6) is 0.657. The number of nitrogens with one attached hydrogen (secondary N) is 1. The number of phenols is 1. The van der Waals surface area contributed by atoms with E-state index in [9.17, 15) is 5.11 Å². The Morgan fingerprint density at radius 1 is 1.04 bits per heavy atom. The van der Waals surface area contributed by atoms with Gasteiger partial charge in [-0.25, -0.2) is 0 Å². The lowest BCUT2D eigenvalue weighted by Gasteiger charge is -2.21. The summed E-state index contributed by atoms with van der Waals surface area (Å²) in [7, 11) is 0. The summed E-state index contributed by atoms with van der Waals surface area (Å²) in [6, 6.07) is 15.7. The van der Waals surface area contributed by atoms with E-state index < -0.39 is 0 Å². The van der Waals surface area contributed by atoms with Crippen molar-refractivity contribution in [3.63, 3.8) is 0 Å². The van der Waals surface area contributed by atoms with E-state index in [0.29, 0.717) is 12.3 Å². The molecule has 0 saturated heterocycles. The van der Waals surface area contributed by atoms with Gasteiger partial charge >= 0.3 is 0 Å². The molecule has 1 heterocycles. The summed E-state index contributed by atoms with van der Waals surface area (Å²) >= 11 is 0. The van der Waals surface area contributed by atoms with Gasteiger partial charge in [-0.2, -0.15) is 0 Å². The summed E-state index contributed by atoms with van der Waals surface area (Å²) in [6.07, 6.45) is 2.71. The van der Waals surface area contributed by atoms with Crippen molar-refractivity contribution in [3.8, 4) is 17.2 Å². The van der Waals surface area contributed by atoms with Gasteiger partial charge in [-0.05, 0) is 62.6 Å². The van der Waals surface area contributed by atoms with Crippen LogP contribution in [0.2, 0.25) is 0 Å². The molecule has 1 unspecified atom stereocenters. The van der Waals surface area contributed by atoms with Gasteiger partial charge in [-0.3, -0.25) is 5.32 Å². The Balaban J connectivity index is 1.76. The third kappa shape index (κ3) is 4.34. The highest BCUT2D eigenvalue weighted by molar-refractivity contribution is 5.50. The number of aryl methyl sites for hydroxylation is 3. The van der Waals surface area contributed by atoms with Crippen LogP contribution in [0.3, 0.4) is 0 Å². The van der Waals surface area contributed by atoms with Gasteiger partial charge in [0.15, 0.2) is 11.5 Å². The van der Waals surface area contributed by atoms with Gasteiger partial charge in [-0.15, -0.1) is 0 Å². The van der Waals surface area contributed by atoms with Crippen LogP contribution in [0, 0.1) is 20.8 Å². The molecule has 1 atom stereocenters. The molecule has 0 amide bonds. The molecule has 142 valence electrons. The van der Waals surface area contributed by atoms with Crippen molar-refractivity contribution in [3.05, 3.63) is 77.1 Å². The smallest absolute Gasteiger partial charge is 0.163 e. The first-order valence-electron chi connectivity index (χ1n) is 9.42. The highest BCUT2D eigenvalue weighted by atomic mass is 16.5. The van der Waals surface area contributed by atoms with E-state index in [-0.39, 0.29) is 12.0 Å². The van der Waals surface area contributed by atoms with Crippen molar-refractivity contribution < 1.29 is 9.84 Å². The predicted octanol–water partition coefficient (Wildman–Crippen LogP) is 5.01. The monoisotopic (exact) mass is 364 g/mol. The lowest BCUT2D eigenvalue weighted by atomic mass is 10.0. The number of para-hydroxylation sites is 2. The Morgan fingerprint density at radius 3 is 2.41 bits per heavy atom. The van der Waals surface area contributed by atoms with Crippen molar-refractivity contribution in [2.45, 2.75) is 46.9 Å². The second-order valence-electron chi connectivity index (χ2n) is 6.98. The summed E-state index contributed by atoms with van der Waals surface area (Å²) in [6.45, 7) is 9.17. The van der Waals surface area contributed by atoms with Crippen LogP contribution in [0.15, 0.2) is 54.7 Å². The number of hydrogen-bond acceptors (Lipinski definition) is 3. The van der Waals surface area contributed by atoms with Gasteiger partial charge < -0.3 is 14.4 Å². The summed E-state index contributed by atoms with van der Waals surface area (Å²) in [5.41, 5.74) is 6.22. The van der Waals surface area contributed by atoms with E-state index >= 15 is 0 Å². The number of ether oxygens (including phenoxy) is 1. The molecule has 4 nitrogen and oxygen atoms in total. The van der Waals surface area contributed by atoms with E-state index in [1.165, 1.54) is 28.1 Å². The van der Waals surface area contributed by atoms with Gasteiger partial charge in [0.1, 0.15) is 6.23 Å². The molecule has 1 aromatic heterocycles. The number of phenolic OH excluding ortho intramolecular Hbond substituents is 1. The van der Waals surface area contributed by atoms with E-state index in [1.807, 2.05) is 6.07 Å². The van der Waals surface area contributed by atoms with Gasteiger partial charge in [-0.1, -0.05) is 36.8 Å². The van der Waals surface area contributed by atoms with Crippen LogP contribution in [0.5, 0.6) is 11.5 Å². The standard InChI is InChI=1S/C23H28N2O2/c1-5-22(27-21-11-7-6-10-20(21)26)24-15-19-9-8-12-25(19)23-17(3)13-16(2)14-18(23)4/h6-14,22,24,26H,5,15H2,1-4H3. The topological polar surface area (TPSA) is 46.4 Å². The third-order valence-corrected chi connectivity index (χ3v) is 4.73. The van der Waals surface area contributed by atoms with Gasteiger partial charge in [0.2, 0.25) is 0 Å². The molecule has 0 radical (unpaired) electrons. The maximum absolute atomic E-state index is 9.93. The lowest BCUT2D eigenvalue weighted by Crippen LogP contribution is -2.34. The maximum atomic E-state index is 9.93. The van der Waals surface area contributed by atoms with E-state index in [1.54, 1.807) is 18.2 Å². The average molecular weight is 364 g/mol. The molecule has 0 aliphatic heterocycles. The van der Waals surface area contributed by atoms with Crippen molar-refractivity contribution >= 4 is 0 Å². The van der Waals surface area contributed by atoms with Gasteiger partial charge in [0, 0.05) is 18.4 Å². The van der Waals surface area contributed by atoms with Crippen molar-refractivity contribution in [2.75, 3.05) is 0 Å². The number of aromatic nitrogens is 1. The van der Waals surface area contributed by atoms with E-state index in [2.05, 4.69) is 68.0 Å². The predicted molar refractivity (Wildman–Crippen MR) is 110 cm³/mol. The van der Waals surface area contributed by atoms with Crippen molar-refractivity contribution in [1.29, 1.82) is 0 Å². The first-order chi connectivity index (χ1) is 13.0. The van der Waals surface area contributed by atoms with Gasteiger partial charge in [0.25, 0.3) is 0 Å². The highest BCUT2D eigenvalue weighted by Gasteiger charge is 2.13. The van der Waals surface area contributed by atoms with Crippen molar-refractivity contribution in [2.24, 2.45) is 0 Å². The minimum atomic E-state index is -0.179. The average Bonchev–Trinajstić information content (AvgIpc) is 3.07. The van der Waals surface area contributed by atoms with Gasteiger partial charge in [0.05, 0.1) is 5.69 Å². The minimum Gasteiger partial charge on any atom is -0.504 e. The molecule has 2 aromatic carbocycles. The first-order valence-corrected chi connectivity index (χ1v) is 9.42. The largest absolute Gasteiger partial charge is 0.504 e. The normalized spacial score (nSPS) is 12.1. The molecule has 0 aliphatic carbocycles. The van der Waals surface area contributed by atoms with Crippen LogP contribution in [-0.2, 0) is 6.54 Å². The van der Waals surface area contributed by atoms with Crippen LogP contribution < -0.4 is 10.1 Å². The van der Waals surface area contributed by atoms with Crippen LogP contribution >= 0.6 is 0 Å². The SMILES string of the molecule is CCC(NCc1cccn1-c1c(C)cc(C)cc1C)Oc1ccccc1O. The summed E-state index contributed by atoms with van der Waals surface area (Å²) < 4.78 is 8.17. The number of benzene rings is 2. The molecule has 4 heteroatoms. The molecule has 0 spiro atoms. The number of aromatic hydroxyl groups is 1. The molecule has 0 bridgehead atoms. The Kier molecular flexibility index (Phi) is 5.87. The minimum absolute atomic E-state index is 0.159. The Bertz CT molecular complexity index is 891. The molecule has 3 rings (SSSR count). The van der Waals surface area contributed by atoms with E-state index in [0.717, 1.165) is 6.42 Å². The Hall–Kier alpha value is -2.72. The Morgan fingerprint density at radius 2 is 1.74 bits per heavy atom. The van der Waals surface area contributed by atoms with E-state index in [4.69, 9.17) is 4.74 Å². The van der Waals surface area contributed by atoms with Crippen LogP contribution in [0.25, 0.3) is 5.69 Å². The fourth-order valence-corrected chi connectivity index (χ4v) is 3.53. The molecule has 0 aliphatic rings. The summed E-state index contributed by atoms with van der Waals surface area (Å²) in [4.78, 5) is 0. The second-order valence-corrected chi connectivity index (χ2v) is 6.98. The lowest BCUT2D eigenvalue weighted by molar-refractivity contribution is 0.151. The summed E-state index contributed by atoms with van der Waals surface area (Å²) in [5, 5.41) is 13.4. The second kappa shape index (κ2) is 8.31. The Labute approximate surface area is 161 Å². The van der Waals surface area contributed by atoms with Crippen molar-refractivity contribution in [1.82, 2.24) is 9.88 Å². The molecular weight excluding hydrogens is 336 g/mol. The number of hydrogen-bond donors (Lipinski definition) is 2. The molecule has 27 heavy (non-hydrogen) atoms. The zero-order valence-electron chi connectivity index (χ0n) is 16.5. The number of nitrogens with zero attached hydrogens (tertiary/aromatic N) is 1. The molecule has 2 N–H and O–H groups in total. The molecular formula is C23H28N2O2. The highest BCUT2D eigenvalue weighted by Crippen LogP contribution is 2.26. The fraction of sp³-hybridized carbons (Fsp3) is 0.304. The van der Waals surface area contributed by atoms with Crippen LogP contribution in [0.4, 0.5) is 0 Å².